The lowest BCUT2D eigenvalue weighted by Crippen LogP contribution is -2.44. The normalized spacial score (nSPS) is 26.1. The summed E-state index contributed by atoms with van der Waals surface area (Å²) >= 11 is 3.37. The molecule has 0 bridgehead atoms. The van der Waals surface area contributed by atoms with Crippen LogP contribution in [-0.4, -0.2) is 21.7 Å². The third kappa shape index (κ3) is 2.33. The Morgan fingerprint density at radius 1 is 1.30 bits per heavy atom. The number of aliphatic hydroxyl groups excluding tert-OH is 1. The van der Waals surface area contributed by atoms with Crippen molar-refractivity contribution in [2.24, 2.45) is 0 Å². The third-order valence-electron chi connectivity index (χ3n) is 2.97. The second-order valence-electron chi connectivity index (χ2n) is 4.96. The van der Waals surface area contributed by atoms with Crippen LogP contribution in [0.1, 0.15) is 29.7 Å². The number of hydrogen-bond acceptors (Lipinski definition) is 3. The van der Waals surface area contributed by atoms with Gasteiger partial charge in [0.2, 0.25) is 0 Å². The van der Waals surface area contributed by atoms with Crippen LogP contribution >= 0.6 is 27.3 Å². The molecule has 0 aliphatic carbocycles. The molecular weight excluding hydrogens is 371 g/mol. The minimum Gasteiger partial charge on any atom is -0.485 e. The predicted octanol–water partition coefficient (Wildman–Crippen LogP) is 4.37. The molecule has 0 radical (unpaired) electrons. The highest BCUT2D eigenvalue weighted by Crippen LogP contribution is 2.53. The topological polar surface area (TPSA) is 29.5 Å². The second kappa shape index (κ2) is 4.54. The van der Waals surface area contributed by atoms with Gasteiger partial charge in [-0.2, -0.15) is 22.0 Å². The van der Waals surface area contributed by atoms with Gasteiger partial charge in [0.05, 0.1) is 14.6 Å². The van der Waals surface area contributed by atoms with E-state index in [0.717, 1.165) is 0 Å². The van der Waals surface area contributed by atoms with Gasteiger partial charge >= 0.3 is 12.1 Å². The van der Waals surface area contributed by atoms with Crippen molar-refractivity contribution in [2.75, 3.05) is 0 Å². The molecule has 2 atom stereocenters. The first-order chi connectivity index (χ1) is 8.88. The Kier molecular flexibility index (Phi) is 3.63. The first kappa shape index (κ1) is 16.0. The SMILES string of the molecule is CC1(C)Oc2cc(C(F)(F)C(F)(F)F)sc2[C@@H](O)[C@H]1Br. The van der Waals surface area contributed by atoms with Gasteiger partial charge in [-0.1, -0.05) is 15.9 Å². The molecule has 2 heterocycles. The van der Waals surface area contributed by atoms with Crippen molar-refractivity contribution in [1.29, 1.82) is 0 Å². The highest BCUT2D eigenvalue weighted by molar-refractivity contribution is 9.09. The summed E-state index contributed by atoms with van der Waals surface area (Å²) in [6.07, 6.45) is -6.90. The van der Waals surface area contributed by atoms with Gasteiger partial charge in [0.1, 0.15) is 17.5 Å². The number of fused-ring (bicyclic) bond motifs is 1. The molecule has 0 spiro atoms. The first-order valence-corrected chi connectivity index (χ1v) is 7.21. The maximum Gasteiger partial charge on any atom is 0.458 e. The van der Waals surface area contributed by atoms with Crippen LogP contribution in [0.4, 0.5) is 22.0 Å². The smallest absolute Gasteiger partial charge is 0.458 e. The van der Waals surface area contributed by atoms with E-state index in [-0.39, 0.29) is 22.0 Å². The zero-order valence-corrected chi connectivity index (χ0v) is 12.7. The van der Waals surface area contributed by atoms with Crippen molar-refractivity contribution >= 4 is 27.3 Å². The maximum absolute atomic E-state index is 13.3. The lowest BCUT2D eigenvalue weighted by atomic mass is 9.96. The van der Waals surface area contributed by atoms with Crippen LogP contribution in [0, 0.1) is 0 Å². The van der Waals surface area contributed by atoms with Crippen LogP contribution in [0.25, 0.3) is 0 Å². The molecule has 0 fully saturated rings. The molecule has 0 saturated heterocycles. The molecule has 0 amide bonds. The average Bonchev–Trinajstić information content (AvgIpc) is 2.68. The molecule has 1 aromatic rings. The molecule has 0 aromatic carbocycles. The zero-order chi connectivity index (χ0) is 15.5. The molecule has 0 saturated carbocycles. The third-order valence-corrected chi connectivity index (χ3v) is 5.83. The Hall–Kier alpha value is -0.410. The number of halogens is 6. The number of aliphatic hydroxyl groups is 1. The van der Waals surface area contributed by atoms with Gasteiger partial charge < -0.3 is 9.84 Å². The molecule has 1 aromatic heterocycles. The molecule has 20 heavy (non-hydrogen) atoms. The van der Waals surface area contributed by atoms with Crippen LogP contribution in [-0.2, 0) is 5.92 Å². The van der Waals surface area contributed by atoms with Gasteiger partial charge in [-0.25, -0.2) is 0 Å². The lowest BCUT2D eigenvalue weighted by Gasteiger charge is -2.38. The van der Waals surface area contributed by atoms with Gasteiger partial charge in [-0.15, -0.1) is 11.3 Å². The van der Waals surface area contributed by atoms with E-state index in [4.69, 9.17) is 4.74 Å². The van der Waals surface area contributed by atoms with E-state index in [1.807, 2.05) is 0 Å². The second-order valence-corrected chi connectivity index (χ2v) is 7.03. The molecule has 2 rings (SSSR count). The summed E-state index contributed by atoms with van der Waals surface area (Å²) in [5.41, 5.74) is -0.932. The van der Waals surface area contributed by atoms with Crippen LogP contribution in [0.3, 0.4) is 0 Å². The Morgan fingerprint density at radius 2 is 1.85 bits per heavy atom. The van der Waals surface area contributed by atoms with Gasteiger partial charge in [0.15, 0.2) is 0 Å². The monoisotopic (exact) mass is 380 g/mol. The van der Waals surface area contributed by atoms with Crippen LogP contribution in [0.5, 0.6) is 5.75 Å². The van der Waals surface area contributed by atoms with Crippen LogP contribution in [0.2, 0.25) is 0 Å². The number of ether oxygens (including phenoxy) is 1. The molecule has 9 heteroatoms. The van der Waals surface area contributed by atoms with Crippen LogP contribution in [0.15, 0.2) is 6.07 Å². The number of hydrogen-bond donors (Lipinski definition) is 1. The number of thiophene rings is 1. The first-order valence-electron chi connectivity index (χ1n) is 5.48. The highest BCUT2D eigenvalue weighted by Gasteiger charge is 2.60. The van der Waals surface area contributed by atoms with Crippen molar-refractivity contribution < 1.29 is 31.8 Å². The summed E-state index contributed by atoms with van der Waals surface area (Å²) in [6.45, 7) is 3.19. The average molecular weight is 381 g/mol. The van der Waals surface area contributed by atoms with Crippen molar-refractivity contribution in [2.45, 2.75) is 42.5 Å². The van der Waals surface area contributed by atoms with E-state index in [2.05, 4.69) is 15.9 Å². The predicted molar refractivity (Wildman–Crippen MR) is 66.6 cm³/mol. The maximum atomic E-state index is 13.3. The standard InChI is InChI=1S/C11H10BrF5O2S/c1-9(2)8(12)6(18)7-4(19-9)3-5(20-7)10(13,14)11(15,16)17/h3,6,8,18H,1-2H3/t6-,8-/m1/s1. The molecule has 0 unspecified atom stereocenters. The summed E-state index contributed by atoms with van der Waals surface area (Å²) in [5.74, 6) is -5.11. The van der Waals surface area contributed by atoms with Crippen molar-refractivity contribution in [3.05, 3.63) is 15.8 Å². The molecule has 1 aliphatic rings. The molecule has 114 valence electrons. The quantitative estimate of drug-likeness (QED) is 0.578. The lowest BCUT2D eigenvalue weighted by molar-refractivity contribution is -0.287. The largest absolute Gasteiger partial charge is 0.485 e. The summed E-state index contributed by atoms with van der Waals surface area (Å²) in [7, 11) is 0. The minimum absolute atomic E-state index is 0.0369. The molecule has 1 N–H and O–H groups in total. The zero-order valence-electron chi connectivity index (χ0n) is 10.3. The van der Waals surface area contributed by atoms with Crippen LogP contribution < -0.4 is 4.74 Å². The summed E-state index contributed by atoms with van der Waals surface area (Å²) in [6, 6.07) is 0.650. The molecule has 1 aliphatic heterocycles. The number of alkyl halides is 6. The fourth-order valence-corrected chi connectivity index (χ4v) is 3.46. The van der Waals surface area contributed by atoms with Gasteiger partial charge in [-0.3, -0.25) is 0 Å². The van der Waals surface area contributed by atoms with E-state index in [9.17, 15) is 27.1 Å². The summed E-state index contributed by atoms with van der Waals surface area (Å²) in [4.78, 5) is -1.84. The fourth-order valence-electron chi connectivity index (χ4n) is 1.82. The van der Waals surface area contributed by atoms with Crippen molar-refractivity contribution in [1.82, 2.24) is 0 Å². The molecule has 2 nitrogen and oxygen atoms in total. The Bertz CT molecular complexity index is 525. The number of rotatable bonds is 1. The van der Waals surface area contributed by atoms with Crippen molar-refractivity contribution in [3.63, 3.8) is 0 Å². The van der Waals surface area contributed by atoms with Crippen molar-refractivity contribution in [3.8, 4) is 5.75 Å². The van der Waals surface area contributed by atoms with E-state index >= 15 is 0 Å². The Balaban J connectivity index is 2.48. The van der Waals surface area contributed by atoms with Gasteiger partial charge in [-0.05, 0) is 13.8 Å². The van der Waals surface area contributed by atoms with E-state index in [1.54, 1.807) is 13.8 Å². The Labute approximate surface area is 123 Å². The minimum atomic E-state index is -5.69. The summed E-state index contributed by atoms with van der Waals surface area (Å²) in [5, 5.41) is 10.0. The van der Waals surface area contributed by atoms with E-state index < -0.39 is 33.5 Å². The Morgan fingerprint density at radius 3 is 2.35 bits per heavy atom. The van der Waals surface area contributed by atoms with Gasteiger partial charge in [0.25, 0.3) is 0 Å². The fraction of sp³-hybridized carbons (Fsp3) is 0.636. The van der Waals surface area contributed by atoms with E-state index in [0.29, 0.717) is 6.07 Å². The van der Waals surface area contributed by atoms with Gasteiger partial charge in [0, 0.05) is 6.07 Å². The molecular formula is C11H10BrF5O2S. The summed E-state index contributed by atoms with van der Waals surface area (Å²) < 4.78 is 69.1. The van der Waals surface area contributed by atoms with E-state index in [1.165, 1.54) is 0 Å². The highest BCUT2D eigenvalue weighted by atomic mass is 79.9.